The molecule has 9 heteroatoms. The van der Waals surface area contributed by atoms with Crippen LogP contribution in [0.4, 0.5) is 5.95 Å². The van der Waals surface area contributed by atoms with Gasteiger partial charge >= 0.3 is 0 Å². The van der Waals surface area contributed by atoms with Gasteiger partial charge in [0.25, 0.3) is 0 Å². The van der Waals surface area contributed by atoms with E-state index in [1.165, 1.54) is 0 Å². The van der Waals surface area contributed by atoms with Crippen LogP contribution in [0.5, 0.6) is 0 Å². The number of aryl methyl sites for hydroxylation is 2. The van der Waals surface area contributed by atoms with E-state index in [2.05, 4.69) is 58.9 Å². The Balaban J connectivity index is 1.78. The summed E-state index contributed by atoms with van der Waals surface area (Å²) in [5, 5.41) is 13.7. The number of nitrogens with one attached hydrogen (secondary N) is 4. The standard InChI is InChI=1S/C22H33N7OS/c1-14-10-15(2)25-18(24-14)27-19(28-20(31)23-13-17-8-7-9-30-17)26-16-11-21(3,4)29-22(5,6)12-16/h7-10,16,29H,11-13H2,1-6H3,(H3,23,24,25,26,27,28,31). The molecule has 0 amide bonds. The summed E-state index contributed by atoms with van der Waals surface area (Å²) in [7, 11) is 0. The molecule has 168 valence electrons. The lowest BCUT2D eigenvalue weighted by Gasteiger charge is -2.45. The summed E-state index contributed by atoms with van der Waals surface area (Å²) in [6.07, 6.45) is 3.45. The van der Waals surface area contributed by atoms with Crippen LogP contribution in [-0.2, 0) is 6.54 Å². The minimum absolute atomic E-state index is 0.0184. The quantitative estimate of drug-likeness (QED) is 0.324. The number of hydrogen-bond donors (Lipinski definition) is 4. The molecule has 0 unspecified atom stereocenters. The molecule has 3 heterocycles. The molecular formula is C22H33N7OS. The number of aliphatic imine (C=N–C) groups is 1. The van der Waals surface area contributed by atoms with Crippen molar-refractivity contribution in [1.82, 2.24) is 25.9 Å². The number of rotatable bonds is 4. The summed E-state index contributed by atoms with van der Waals surface area (Å²) in [6, 6.07) is 5.79. The van der Waals surface area contributed by atoms with E-state index >= 15 is 0 Å². The van der Waals surface area contributed by atoms with Crippen LogP contribution >= 0.6 is 12.2 Å². The Kier molecular flexibility index (Phi) is 6.96. The fraction of sp³-hybridized carbons (Fsp3) is 0.545. The molecule has 1 fully saturated rings. The first kappa shape index (κ1) is 23.1. The van der Waals surface area contributed by atoms with Crippen molar-refractivity contribution in [2.75, 3.05) is 5.32 Å². The highest BCUT2D eigenvalue weighted by molar-refractivity contribution is 7.80. The Bertz CT molecular complexity index is 901. The van der Waals surface area contributed by atoms with E-state index in [1.807, 2.05) is 32.0 Å². The molecule has 3 rings (SSSR count). The molecule has 8 nitrogen and oxygen atoms in total. The highest BCUT2D eigenvalue weighted by atomic mass is 32.1. The lowest BCUT2D eigenvalue weighted by molar-refractivity contribution is 0.164. The van der Waals surface area contributed by atoms with Gasteiger partial charge in [-0.3, -0.25) is 5.32 Å². The maximum absolute atomic E-state index is 5.49. The third-order valence-electron chi connectivity index (χ3n) is 4.93. The summed E-state index contributed by atoms with van der Waals surface area (Å²) in [5.74, 6) is 1.82. The van der Waals surface area contributed by atoms with Crippen molar-refractivity contribution < 1.29 is 4.42 Å². The van der Waals surface area contributed by atoms with Crippen molar-refractivity contribution in [3.63, 3.8) is 0 Å². The van der Waals surface area contributed by atoms with Gasteiger partial charge in [-0.2, -0.15) is 0 Å². The highest BCUT2D eigenvalue weighted by Gasteiger charge is 2.37. The number of anilines is 1. The van der Waals surface area contributed by atoms with Crippen LogP contribution in [0.1, 0.15) is 57.7 Å². The third-order valence-corrected chi connectivity index (χ3v) is 5.17. The molecule has 0 saturated carbocycles. The Hall–Kier alpha value is -2.52. The van der Waals surface area contributed by atoms with Crippen LogP contribution in [0.2, 0.25) is 0 Å². The van der Waals surface area contributed by atoms with E-state index in [0.29, 0.717) is 23.6 Å². The molecule has 0 bridgehead atoms. The predicted molar refractivity (Wildman–Crippen MR) is 128 cm³/mol. The van der Waals surface area contributed by atoms with E-state index in [1.54, 1.807) is 6.26 Å². The molecule has 1 aliphatic heterocycles. The Morgan fingerprint density at radius 2 is 1.84 bits per heavy atom. The molecule has 0 spiro atoms. The number of thiocarbonyl (C=S) groups is 1. The summed E-state index contributed by atoms with van der Waals surface area (Å²) in [6.45, 7) is 13.2. The molecule has 2 aromatic heterocycles. The van der Waals surface area contributed by atoms with Crippen molar-refractivity contribution in [3.8, 4) is 0 Å². The summed E-state index contributed by atoms with van der Waals surface area (Å²) < 4.78 is 5.36. The van der Waals surface area contributed by atoms with Crippen LogP contribution in [0.15, 0.2) is 33.9 Å². The average Bonchev–Trinajstić information content (AvgIpc) is 3.09. The second-order valence-corrected chi connectivity index (χ2v) is 9.83. The molecule has 4 N–H and O–H groups in total. The van der Waals surface area contributed by atoms with Crippen LogP contribution in [0, 0.1) is 13.8 Å². The lowest BCUT2D eigenvalue weighted by Crippen LogP contribution is -2.59. The number of guanidine groups is 1. The van der Waals surface area contributed by atoms with E-state index < -0.39 is 0 Å². The van der Waals surface area contributed by atoms with Crippen molar-refractivity contribution in [1.29, 1.82) is 0 Å². The Morgan fingerprint density at radius 1 is 1.19 bits per heavy atom. The lowest BCUT2D eigenvalue weighted by atomic mass is 9.80. The Morgan fingerprint density at radius 3 is 2.42 bits per heavy atom. The van der Waals surface area contributed by atoms with E-state index in [9.17, 15) is 0 Å². The van der Waals surface area contributed by atoms with Crippen molar-refractivity contribution >= 4 is 29.2 Å². The molecule has 2 aromatic rings. The van der Waals surface area contributed by atoms with E-state index in [4.69, 9.17) is 21.6 Å². The van der Waals surface area contributed by atoms with Crippen LogP contribution in [-0.4, -0.2) is 38.2 Å². The van der Waals surface area contributed by atoms with Gasteiger partial charge in [0.15, 0.2) is 5.11 Å². The van der Waals surface area contributed by atoms with E-state index in [-0.39, 0.29) is 17.1 Å². The van der Waals surface area contributed by atoms with Crippen molar-refractivity contribution in [2.24, 2.45) is 4.99 Å². The maximum atomic E-state index is 5.49. The van der Waals surface area contributed by atoms with Gasteiger partial charge in [0.2, 0.25) is 11.9 Å². The summed E-state index contributed by atoms with van der Waals surface area (Å²) in [5.41, 5.74) is 1.74. The van der Waals surface area contributed by atoms with Crippen LogP contribution < -0.4 is 21.3 Å². The number of aromatic nitrogens is 2. The number of hydrogen-bond acceptors (Lipinski definition) is 6. The van der Waals surface area contributed by atoms with Crippen molar-refractivity contribution in [3.05, 3.63) is 41.6 Å². The molecule has 0 atom stereocenters. The molecule has 1 aliphatic rings. The summed E-state index contributed by atoms with van der Waals surface area (Å²) in [4.78, 5) is 14.0. The minimum atomic E-state index is -0.0184. The normalized spacial score (nSPS) is 18.5. The van der Waals surface area contributed by atoms with Gasteiger partial charge in [-0.25, -0.2) is 15.0 Å². The first-order chi connectivity index (χ1) is 14.5. The Labute approximate surface area is 189 Å². The van der Waals surface area contributed by atoms with E-state index in [0.717, 1.165) is 30.0 Å². The van der Waals surface area contributed by atoms with Crippen LogP contribution in [0.3, 0.4) is 0 Å². The second-order valence-electron chi connectivity index (χ2n) is 9.42. The first-order valence-electron chi connectivity index (χ1n) is 10.5. The smallest absolute Gasteiger partial charge is 0.229 e. The fourth-order valence-electron chi connectivity index (χ4n) is 4.26. The molecule has 0 radical (unpaired) electrons. The van der Waals surface area contributed by atoms with Gasteiger partial charge in [0.05, 0.1) is 18.8 Å². The van der Waals surface area contributed by atoms with Gasteiger partial charge < -0.3 is 20.4 Å². The second kappa shape index (κ2) is 9.32. The minimum Gasteiger partial charge on any atom is -0.467 e. The topological polar surface area (TPSA) is 99.4 Å². The van der Waals surface area contributed by atoms with Gasteiger partial charge in [-0.05, 0) is 84.8 Å². The fourth-order valence-corrected chi connectivity index (χ4v) is 4.43. The molecule has 31 heavy (non-hydrogen) atoms. The van der Waals surface area contributed by atoms with Gasteiger partial charge in [0.1, 0.15) is 5.76 Å². The zero-order valence-electron chi connectivity index (χ0n) is 19.2. The number of piperidine rings is 1. The molecule has 1 saturated heterocycles. The van der Waals surface area contributed by atoms with Gasteiger partial charge in [-0.1, -0.05) is 0 Å². The molecule has 0 aromatic carbocycles. The van der Waals surface area contributed by atoms with Gasteiger partial charge in [0, 0.05) is 22.5 Å². The zero-order chi connectivity index (χ0) is 22.6. The van der Waals surface area contributed by atoms with Crippen molar-refractivity contribution in [2.45, 2.75) is 78.0 Å². The predicted octanol–water partition coefficient (Wildman–Crippen LogP) is 3.43. The molecular weight excluding hydrogens is 410 g/mol. The maximum Gasteiger partial charge on any atom is 0.229 e. The average molecular weight is 444 g/mol. The van der Waals surface area contributed by atoms with Crippen LogP contribution in [0.25, 0.3) is 0 Å². The summed E-state index contributed by atoms with van der Waals surface area (Å²) >= 11 is 5.49. The third kappa shape index (κ3) is 7.29. The van der Waals surface area contributed by atoms with Gasteiger partial charge in [-0.15, -0.1) is 0 Å². The first-order valence-corrected chi connectivity index (χ1v) is 10.9. The largest absolute Gasteiger partial charge is 0.467 e. The number of furan rings is 1. The SMILES string of the molecule is Cc1cc(C)nc(NC(=NC2CC(C)(C)NC(C)(C)C2)NC(=S)NCc2ccco2)n1. The highest BCUT2D eigenvalue weighted by Crippen LogP contribution is 2.30. The number of nitrogens with zero attached hydrogens (tertiary/aromatic N) is 3. The zero-order valence-corrected chi connectivity index (χ0v) is 20.0. The monoisotopic (exact) mass is 443 g/mol. The molecule has 0 aliphatic carbocycles.